The number of methoxy groups -OCH3 is 1. The summed E-state index contributed by atoms with van der Waals surface area (Å²) >= 11 is 0. The molecule has 1 unspecified atom stereocenters. The molecule has 8 heteroatoms. The molecule has 0 amide bonds. The third-order valence-electron chi connectivity index (χ3n) is 2.95. The molecule has 1 atom stereocenters. The fraction of sp³-hybridized carbons (Fsp3) is 0.600. The first-order chi connectivity index (χ1) is 8.65. The number of nitro groups is 1. The van der Waals surface area contributed by atoms with Gasteiger partial charge in [0.15, 0.2) is 0 Å². The molecule has 0 spiro atoms. The van der Waals surface area contributed by atoms with Crippen molar-refractivity contribution in [3.63, 3.8) is 0 Å². The summed E-state index contributed by atoms with van der Waals surface area (Å²) in [4.78, 5) is 20.4. The molecule has 8 nitrogen and oxygen atoms in total. The molecule has 0 saturated carbocycles. The second kappa shape index (κ2) is 5.13. The zero-order chi connectivity index (χ0) is 13.1. The first kappa shape index (κ1) is 12.5. The standard InChI is InChI=1S/C10H15N5O3/c1-11-10-12-5-8(15(16)17)9(13-10)14-4-3-7(6-14)18-2/h5,7H,3-4,6H2,1-2H3,(H,11,12,13). The highest BCUT2D eigenvalue weighted by Crippen LogP contribution is 2.29. The van der Waals surface area contributed by atoms with E-state index in [1.165, 1.54) is 6.20 Å². The Hall–Kier alpha value is -1.96. The summed E-state index contributed by atoms with van der Waals surface area (Å²) in [5, 5.41) is 13.8. The first-order valence-corrected chi connectivity index (χ1v) is 5.62. The lowest BCUT2D eigenvalue weighted by Crippen LogP contribution is -2.24. The Bertz CT molecular complexity index is 453. The Morgan fingerprint density at radius 1 is 1.67 bits per heavy atom. The summed E-state index contributed by atoms with van der Waals surface area (Å²) in [5.41, 5.74) is -0.0780. The van der Waals surface area contributed by atoms with Gasteiger partial charge in [-0.25, -0.2) is 4.98 Å². The summed E-state index contributed by atoms with van der Waals surface area (Å²) < 4.78 is 5.25. The van der Waals surface area contributed by atoms with Crippen LogP contribution in [-0.4, -0.2) is 48.2 Å². The van der Waals surface area contributed by atoms with Gasteiger partial charge < -0.3 is 15.0 Å². The number of hydrogen-bond acceptors (Lipinski definition) is 7. The molecule has 0 aliphatic carbocycles. The van der Waals surface area contributed by atoms with E-state index in [0.29, 0.717) is 24.9 Å². The van der Waals surface area contributed by atoms with Gasteiger partial charge in [-0.2, -0.15) is 4.98 Å². The number of hydrogen-bond donors (Lipinski definition) is 1. The second-order valence-electron chi connectivity index (χ2n) is 4.00. The third kappa shape index (κ3) is 2.33. The van der Waals surface area contributed by atoms with Crippen LogP contribution in [-0.2, 0) is 4.74 Å². The molecule has 2 rings (SSSR count). The average molecular weight is 253 g/mol. The van der Waals surface area contributed by atoms with E-state index in [1.807, 2.05) is 4.90 Å². The average Bonchev–Trinajstić information content (AvgIpc) is 2.86. The number of aromatic nitrogens is 2. The lowest BCUT2D eigenvalue weighted by atomic mass is 10.3. The van der Waals surface area contributed by atoms with Gasteiger partial charge in [-0.1, -0.05) is 0 Å². The van der Waals surface area contributed by atoms with Crippen LogP contribution in [0.2, 0.25) is 0 Å². The zero-order valence-electron chi connectivity index (χ0n) is 10.3. The van der Waals surface area contributed by atoms with Gasteiger partial charge in [-0.3, -0.25) is 10.1 Å². The molecular formula is C10H15N5O3. The fourth-order valence-electron chi connectivity index (χ4n) is 1.96. The van der Waals surface area contributed by atoms with Crippen LogP contribution in [0, 0.1) is 10.1 Å². The molecule has 2 heterocycles. The topological polar surface area (TPSA) is 93.4 Å². The Morgan fingerprint density at radius 3 is 3.00 bits per heavy atom. The van der Waals surface area contributed by atoms with Crippen LogP contribution in [0.1, 0.15) is 6.42 Å². The predicted molar refractivity (Wildman–Crippen MR) is 65.9 cm³/mol. The van der Waals surface area contributed by atoms with Crippen LogP contribution in [0.3, 0.4) is 0 Å². The van der Waals surface area contributed by atoms with Crippen LogP contribution >= 0.6 is 0 Å². The molecule has 1 aromatic heterocycles. The van der Waals surface area contributed by atoms with Crippen LogP contribution in [0.15, 0.2) is 6.20 Å². The maximum atomic E-state index is 11.0. The number of rotatable bonds is 4. The number of nitrogens with zero attached hydrogens (tertiary/aromatic N) is 4. The van der Waals surface area contributed by atoms with Crippen molar-refractivity contribution in [2.24, 2.45) is 0 Å². The molecule has 1 aliphatic heterocycles. The quantitative estimate of drug-likeness (QED) is 0.622. The van der Waals surface area contributed by atoms with Crippen molar-refractivity contribution in [2.75, 3.05) is 37.5 Å². The normalized spacial score (nSPS) is 19.0. The minimum atomic E-state index is -0.463. The van der Waals surface area contributed by atoms with Crippen molar-refractivity contribution in [3.8, 4) is 0 Å². The van der Waals surface area contributed by atoms with E-state index in [9.17, 15) is 10.1 Å². The molecule has 1 aliphatic rings. The van der Waals surface area contributed by atoms with Crippen molar-refractivity contribution in [1.29, 1.82) is 0 Å². The van der Waals surface area contributed by atoms with Gasteiger partial charge in [0.25, 0.3) is 0 Å². The monoisotopic (exact) mass is 253 g/mol. The molecule has 0 bridgehead atoms. The maximum absolute atomic E-state index is 11.0. The highest BCUT2D eigenvalue weighted by atomic mass is 16.6. The highest BCUT2D eigenvalue weighted by molar-refractivity contribution is 5.59. The minimum Gasteiger partial charge on any atom is -0.380 e. The van der Waals surface area contributed by atoms with Gasteiger partial charge in [0.2, 0.25) is 11.8 Å². The van der Waals surface area contributed by atoms with Gasteiger partial charge >= 0.3 is 5.69 Å². The van der Waals surface area contributed by atoms with Crippen LogP contribution in [0.25, 0.3) is 0 Å². The van der Waals surface area contributed by atoms with E-state index < -0.39 is 4.92 Å². The molecular weight excluding hydrogens is 238 g/mol. The number of ether oxygens (including phenoxy) is 1. The molecule has 1 N–H and O–H groups in total. The largest absolute Gasteiger partial charge is 0.380 e. The minimum absolute atomic E-state index is 0.0780. The Morgan fingerprint density at radius 2 is 2.44 bits per heavy atom. The Labute approximate surface area is 104 Å². The lowest BCUT2D eigenvalue weighted by molar-refractivity contribution is -0.384. The van der Waals surface area contributed by atoms with Crippen LogP contribution < -0.4 is 10.2 Å². The van der Waals surface area contributed by atoms with Crippen molar-refractivity contribution < 1.29 is 9.66 Å². The van der Waals surface area contributed by atoms with Crippen LogP contribution in [0.5, 0.6) is 0 Å². The summed E-state index contributed by atoms with van der Waals surface area (Å²) in [7, 11) is 3.31. The third-order valence-corrected chi connectivity index (χ3v) is 2.95. The van der Waals surface area contributed by atoms with Gasteiger partial charge in [0.05, 0.1) is 11.0 Å². The molecule has 0 radical (unpaired) electrons. The molecule has 1 saturated heterocycles. The van der Waals surface area contributed by atoms with Gasteiger partial charge in [-0.15, -0.1) is 0 Å². The summed E-state index contributed by atoms with van der Waals surface area (Å²) in [5.74, 6) is 0.718. The van der Waals surface area contributed by atoms with Gasteiger partial charge in [-0.05, 0) is 6.42 Å². The first-order valence-electron chi connectivity index (χ1n) is 5.62. The smallest absolute Gasteiger partial charge is 0.329 e. The van der Waals surface area contributed by atoms with Gasteiger partial charge in [0, 0.05) is 27.2 Å². The van der Waals surface area contributed by atoms with E-state index in [1.54, 1.807) is 14.2 Å². The Kier molecular flexibility index (Phi) is 3.56. The summed E-state index contributed by atoms with van der Waals surface area (Å²) in [6.07, 6.45) is 2.17. The fourth-order valence-corrected chi connectivity index (χ4v) is 1.96. The molecule has 1 fully saturated rings. The van der Waals surface area contributed by atoms with Crippen molar-refractivity contribution >= 4 is 17.5 Å². The molecule has 1 aromatic rings. The summed E-state index contributed by atoms with van der Waals surface area (Å²) in [6, 6.07) is 0. The second-order valence-corrected chi connectivity index (χ2v) is 4.00. The van der Waals surface area contributed by atoms with Crippen molar-refractivity contribution in [3.05, 3.63) is 16.3 Å². The lowest BCUT2D eigenvalue weighted by Gasteiger charge is -2.17. The van der Waals surface area contributed by atoms with Crippen LogP contribution in [0.4, 0.5) is 17.5 Å². The van der Waals surface area contributed by atoms with Gasteiger partial charge in [0.1, 0.15) is 6.20 Å². The number of nitrogens with one attached hydrogen (secondary N) is 1. The van der Waals surface area contributed by atoms with E-state index >= 15 is 0 Å². The van der Waals surface area contributed by atoms with E-state index in [4.69, 9.17) is 4.74 Å². The molecule has 98 valence electrons. The van der Waals surface area contributed by atoms with Crippen molar-refractivity contribution in [2.45, 2.75) is 12.5 Å². The van der Waals surface area contributed by atoms with E-state index in [2.05, 4.69) is 15.3 Å². The molecule has 0 aromatic carbocycles. The Balaban J connectivity index is 2.32. The predicted octanol–water partition coefficient (Wildman–Crippen LogP) is 0.652. The summed E-state index contributed by atoms with van der Waals surface area (Å²) in [6.45, 7) is 1.30. The molecule has 18 heavy (non-hydrogen) atoms. The SMILES string of the molecule is CNc1ncc([N+](=O)[O-])c(N2CCC(OC)C2)n1. The zero-order valence-corrected chi connectivity index (χ0v) is 10.3. The van der Waals surface area contributed by atoms with E-state index in [0.717, 1.165) is 6.42 Å². The highest BCUT2D eigenvalue weighted by Gasteiger charge is 2.29. The van der Waals surface area contributed by atoms with Crippen molar-refractivity contribution in [1.82, 2.24) is 9.97 Å². The maximum Gasteiger partial charge on any atom is 0.329 e. The van der Waals surface area contributed by atoms with E-state index in [-0.39, 0.29) is 11.8 Å². The number of anilines is 2.